The van der Waals surface area contributed by atoms with E-state index in [1.807, 2.05) is 0 Å². The molecule has 0 amide bonds. The van der Waals surface area contributed by atoms with Crippen LogP contribution in [0.4, 0.5) is 0 Å². The molecule has 0 aromatic rings. The van der Waals surface area contributed by atoms with Crippen molar-refractivity contribution in [3.63, 3.8) is 0 Å². The average molecular weight is 270 g/mol. The zero-order valence-corrected chi connectivity index (χ0v) is 13.9. The number of nitrogens with zero attached hydrogens (tertiary/aromatic N) is 4. The van der Waals surface area contributed by atoms with E-state index in [2.05, 4.69) is 61.6 Å². The standard InChI is InChI=1S/C15H34N4/c1-7-18(8-2)13-11-15(16(5)17(15)6)12-14-19(9-3)10-4/h7-14H2,1-6H3. The van der Waals surface area contributed by atoms with Gasteiger partial charge in [-0.05, 0) is 39.0 Å². The molecule has 1 saturated heterocycles. The third-order valence-electron chi connectivity index (χ3n) is 5.06. The Morgan fingerprint density at radius 1 is 0.684 bits per heavy atom. The first-order chi connectivity index (χ1) is 9.05. The van der Waals surface area contributed by atoms with E-state index in [9.17, 15) is 0 Å². The Kier molecular flexibility index (Phi) is 6.74. The largest absolute Gasteiger partial charge is 0.304 e. The van der Waals surface area contributed by atoms with Crippen LogP contribution in [0.3, 0.4) is 0 Å². The van der Waals surface area contributed by atoms with Crippen LogP contribution < -0.4 is 0 Å². The highest BCUT2D eigenvalue weighted by molar-refractivity contribution is 4.98. The number of rotatable bonds is 10. The monoisotopic (exact) mass is 270 g/mol. The van der Waals surface area contributed by atoms with Crippen LogP contribution in [0.15, 0.2) is 0 Å². The van der Waals surface area contributed by atoms with Crippen LogP contribution in [-0.4, -0.2) is 78.8 Å². The summed E-state index contributed by atoms with van der Waals surface area (Å²) in [6.45, 7) is 16.1. The highest BCUT2D eigenvalue weighted by Crippen LogP contribution is 2.41. The van der Waals surface area contributed by atoms with E-state index in [1.54, 1.807) is 0 Å². The van der Waals surface area contributed by atoms with Gasteiger partial charge in [0.15, 0.2) is 0 Å². The molecule has 1 aliphatic heterocycles. The Balaban J connectivity index is 2.47. The molecule has 4 heteroatoms. The van der Waals surface area contributed by atoms with Gasteiger partial charge in [-0.1, -0.05) is 27.7 Å². The molecule has 4 nitrogen and oxygen atoms in total. The highest BCUT2D eigenvalue weighted by atomic mass is 15.9. The first-order valence-corrected chi connectivity index (χ1v) is 7.97. The van der Waals surface area contributed by atoms with E-state index in [4.69, 9.17) is 0 Å². The van der Waals surface area contributed by atoms with Gasteiger partial charge in [-0.15, -0.1) is 0 Å². The van der Waals surface area contributed by atoms with Crippen LogP contribution in [0.5, 0.6) is 0 Å². The predicted molar refractivity (Wildman–Crippen MR) is 83.1 cm³/mol. The van der Waals surface area contributed by atoms with Gasteiger partial charge >= 0.3 is 0 Å². The third-order valence-corrected chi connectivity index (χ3v) is 5.06. The van der Waals surface area contributed by atoms with Crippen LogP contribution in [0.1, 0.15) is 40.5 Å². The Morgan fingerprint density at radius 3 is 1.21 bits per heavy atom. The molecular formula is C15H34N4. The Bertz CT molecular complexity index is 223. The molecule has 0 aliphatic carbocycles. The van der Waals surface area contributed by atoms with Crippen LogP contribution in [0, 0.1) is 0 Å². The second-order valence-corrected chi connectivity index (χ2v) is 5.58. The van der Waals surface area contributed by atoms with Gasteiger partial charge in [0.05, 0.1) is 0 Å². The fourth-order valence-corrected chi connectivity index (χ4v) is 3.07. The number of hydrazine groups is 1. The molecule has 0 spiro atoms. The van der Waals surface area contributed by atoms with Crippen LogP contribution in [0.25, 0.3) is 0 Å². The molecule has 0 bridgehead atoms. The minimum atomic E-state index is 0.311. The van der Waals surface area contributed by atoms with Gasteiger partial charge in [-0.2, -0.15) is 0 Å². The molecule has 19 heavy (non-hydrogen) atoms. The molecule has 0 aromatic carbocycles. The molecule has 0 aromatic heterocycles. The smallest absolute Gasteiger partial charge is 0.102 e. The minimum absolute atomic E-state index is 0.311. The molecule has 2 atom stereocenters. The lowest BCUT2D eigenvalue weighted by molar-refractivity contribution is 0.231. The number of hydrogen-bond donors (Lipinski definition) is 0. The molecule has 114 valence electrons. The van der Waals surface area contributed by atoms with Crippen molar-refractivity contribution in [1.29, 1.82) is 0 Å². The first kappa shape index (κ1) is 16.9. The minimum Gasteiger partial charge on any atom is -0.304 e. The quantitative estimate of drug-likeness (QED) is 0.562. The molecule has 1 heterocycles. The van der Waals surface area contributed by atoms with Gasteiger partial charge in [0.25, 0.3) is 0 Å². The third kappa shape index (κ3) is 3.91. The summed E-state index contributed by atoms with van der Waals surface area (Å²) in [5.41, 5.74) is 0.311. The molecule has 2 unspecified atom stereocenters. The van der Waals surface area contributed by atoms with Crippen LogP contribution in [0.2, 0.25) is 0 Å². The van der Waals surface area contributed by atoms with Crippen LogP contribution >= 0.6 is 0 Å². The first-order valence-electron chi connectivity index (χ1n) is 7.97. The van der Waals surface area contributed by atoms with Gasteiger partial charge in [-0.3, -0.25) is 0 Å². The Hall–Kier alpha value is -0.160. The molecule has 0 saturated carbocycles. The van der Waals surface area contributed by atoms with E-state index >= 15 is 0 Å². The van der Waals surface area contributed by atoms with Gasteiger partial charge in [-0.25, -0.2) is 10.0 Å². The highest BCUT2D eigenvalue weighted by Gasteiger charge is 2.55. The molecule has 1 fully saturated rings. The SMILES string of the molecule is CCN(CC)CCC1(CCN(CC)CC)N(C)N1C. The Labute approximate surface area is 120 Å². The Morgan fingerprint density at radius 2 is 1.00 bits per heavy atom. The fourth-order valence-electron chi connectivity index (χ4n) is 3.07. The summed E-state index contributed by atoms with van der Waals surface area (Å²) >= 11 is 0. The van der Waals surface area contributed by atoms with E-state index in [0.717, 1.165) is 26.2 Å². The summed E-state index contributed by atoms with van der Waals surface area (Å²) in [6, 6.07) is 0. The maximum absolute atomic E-state index is 2.53. The maximum atomic E-state index is 2.53. The zero-order valence-electron chi connectivity index (χ0n) is 13.9. The van der Waals surface area contributed by atoms with Crippen molar-refractivity contribution in [3.05, 3.63) is 0 Å². The van der Waals surface area contributed by atoms with Crippen molar-refractivity contribution in [3.8, 4) is 0 Å². The van der Waals surface area contributed by atoms with E-state index in [1.165, 1.54) is 25.9 Å². The number of hydrogen-bond acceptors (Lipinski definition) is 4. The van der Waals surface area contributed by atoms with Gasteiger partial charge in [0.2, 0.25) is 0 Å². The summed E-state index contributed by atoms with van der Waals surface area (Å²) in [4.78, 5) is 5.05. The second-order valence-electron chi connectivity index (χ2n) is 5.58. The van der Waals surface area contributed by atoms with Crippen molar-refractivity contribution in [2.75, 3.05) is 53.4 Å². The molecule has 1 rings (SSSR count). The van der Waals surface area contributed by atoms with Crippen LogP contribution in [-0.2, 0) is 0 Å². The zero-order chi connectivity index (χ0) is 14.5. The van der Waals surface area contributed by atoms with Crippen molar-refractivity contribution in [1.82, 2.24) is 19.8 Å². The average Bonchev–Trinajstić information content (AvgIpc) is 2.94. The predicted octanol–water partition coefficient (Wildman–Crippen LogP) is 1.94. The van der Waals surface area contributed by atoms with E-state index < -0.39 is 0 Å². The van der Waals surface area contributed by atoms with E-state index in [-0.39, 0.29) is 0 Å². The summed E-state index contributed by atoms with van der Waals surface area (Å²) < 4.78 is 0. The fraction of sp³-hybridized carbons (Fsp3) is 1.00. The van der Waals surface area contributed by atoms with Crippen molar-refractivity contribution in [2.45, 2.75) is 46.2 Å². The van der Waals surface area contributed by atoms with Crippen molar-refractivity contribution in [2.24, 2.45) is 0 Å². The lowest BCUT2D eigenvalue weighted by Gasteiger charge is -2.25. The van der Waals surface area contributed by atoms with Crippen molar-refractivity contribution >= 4 is 0 Å². The van der Waals surface area contributed by atoms with Crippen molar-refractivity contribution < 1.29 is 0 Å². The summed E-state index contributed by atoms with van der Waals surface area (Å²) in [5, 5.41) is 4.83. The summed E-state index contributed by atoms with van der Waals surface area (Å²) in [5.74, 6) is 0. The summed E-state index contributed by atoms with van der Waals surface area (Å²) in [6.07, 6.45) is 2.51. The maximum Gasteiger partial charge on any atom is 0.102 e. The van der Waals surface area contributed by atoms with Gasteiger partial charge < -0.3 is 9.80 Å². The lowest BCUT2D eigenvalue weighted by Crippen LogP contribution is -2.34. The van der Waals surface area contributed by atoms with Gasteiger partial charge in [0.1, 0.15) is 5.66 Å². The molecule has 0 N–H and O–H groups in total. The van der Waals surface area contributed by atoms with E-state index in [0.29, 0.717) is 5.66 Å². The molecule has 0 radical (unpaired) electrons. The van der Waals surface area contributed by atoms with Gasteiger partial charge in [0, 0.05) is 27.2 Å². The second kappa shape index (κ2) is 7.58. The summed E-state index contributed by atoms with van der Waals surface area (Å²) in [7, 11) is 4.45. The lowest BCUT2D eigenvalue weighted by atomic mass is 10.1. The molecule has 1 aliphatic rings. The topological polar surface area (TPSA) is 12.5 Å². The molecular weight excluding hydrogens is 236 g/mol. The normalized spacial score (nSPS) is 25.3.